The number of benzene rings is 3. The minimum Gasteiger partial charge on any atom is -0.366 e. The lowest BCUT2D eigenvalue weighted by Crippen LogP contribution is -2.54. The Kier molecular flexibility index (Phi) is 6.98. The highest BCUT2D eigenvalue weighted by molar-refractivity contribution is 5.95. The van der Waals surface area contributed by atoms with Crippen molar-refractivity contribution < 1.29 is 18.4 Å². The molecule has 186 valence electrons. The van der Waals surface area contributed by atoms with Gasteiger partial charge in [-0.2, -0.15) is 0 Å². The molecule has 2 amide bonds. The van der Waals surface area contributed by atoms with Gasteiger partial charge in [0.1, 0.15) is 11.6 Å². The van der Waals surface area contributed by atoms with Crippen LogP contribution in [0.5, 0.6) is 0 Å². The number of likely N-dealkylation sites (tertiary alicyclic amines) is 1. The number of para-hydroxylation sites is 1. The van der Waals surface area contributed by atoms with E-state index in [4.69, 9.17) is 0 Å². The third-order valence-electron chi connectivity index (χ3n) is 7.21. The van der Waals surface area contributed by atoms with E-state index in [9.17, 15) is 18.4 Å². The minimum atomic E-state index is -0.460. The van der Waals surface area contributed by atoms with E-state index in [1.54, 1.807) is 23.1 Å². The molecule has 2 saturated heterocycles. The highest BCUT2D eigenvalue weighted by Crippen LogP contribution is 2.32. The molecule has 3 aromatic carbocycles. The fourth-order valence-corrected chi connectivity index (χ4v) is 5.35. The second-order valence-corrected chi connectivity index (χ2v) is 9.52. The SMILES string of the molecule is O=C(c1cccc(F)c1)N1C[C@@H](C(=O)N2CCN(c3ccccc3F)CC2)C[C@@H](c2ccccc2)C1. The molecule has 0 bridgehead atoms. The quantitative estimate of drug-likeness (QED) is 0.540. The first-order chi connectivity index (χ1) is 17.5. The van der Waals surface area contributed by atoms with Crippen LogP contribution in [0.15, 0.2) is 78.9 Å². The lowest BCUT2D eigenvalue weighted by molar-refractivity contribution is -0.137. The zero-order valence-corrected chi connectivity index (χ0v) is 20.0. The van der Waals surface area contributed by atoms with Gasteiger partial charge in [-0.05, 0) is 42.3 Å². The summed E-state index contributed by atoms with van der Waals surface area (Å²) in [5.41, 5.74) is 1.92. The Bertz CT molecular complexity index is 1230. The van der Waals surface area contributed by atoms with Crippen LogP contribution in [0.25, 0.3) is 0 Å². The molecule has 2 atom stereocenters. The summed E-state index contributed by atoms with van der Waals surface area (Å²) in [5, 5.41) is 0. The van der Waals surface area contributed by atoms with Gasteiger partial charge < -0.3 is 14.7 Å². The van der Waals surface area contributed by atoms with Gasteiger partial charge in [0, 0.05) is 50.7 Å². The van der Waals surface area contributed by atoms with E-state index in [2.05, 4.69) is 0 Å². The van der Waals surface area contributed by atoms with Crippen LogP contribution >= 0.6 is 0 Å². The van der Waals surface area contributed by atoms with Crippen LogP contribution in [-0.2, 0) is 4.79 Å². The maximum absolute atomic E-state index is 14.2. The molecular weight excluding hydrogens is 460 g/mol. The van der Waals surface area contributed by atoms with Gasteiger partial charge in [-0.1, -0.05) is 48.5 Å². The predicted molar refractivity (Wildman–Crippen MR) is 135 cm³/mol. The molecule has 0 unspecified atom stereocenters. The molecule has 5 rings (SSSR count). The molecule has 2 aliphatic heterocycles. The smallest absolute Gasteiger partial charge is 0.253 e. The normalized spacial score (nSPS) is 20.3. The van der Waals surface area contributed by atoms with Gasteiger partial charge in [0.2, 0.25) is 5.91 Å². The molecule has 2 aliphatic rings. The summed E-state index contributed by atoms with van der Waals surface area (Å²) in [4.78, 5) is 32.4. The summed E-state index contributed by atoms with van der Waals surface area (Å²) in [7, 11) is 0. The molecule has 7 heteroatoms. The first kappa shape index (κ1) is 24.0. The van der Waals surface area contributed by atoms with E-state index < -0.39 is 5.82 Å². The van der Waals surface area contributed by atoms with Crippen molar-refractivity contribution in [2.45, 2.75) is 12.3 Å². The monoisotopic (exact) mass is 489 g/mol. The largest absolute Gasteiger partial charge is 0.366 e. The van der Waals surface area contributed by atoms with Gasteiger partial charge in [0.05, 0.1) is 11.6 Å². The Balaban J connectivity index is 1.32. The van der Waals surface area contributed by atoms with E-state index in [1.165, 1.54) is 24.3 Å². The second kappa shape index (κ2) is 10.5. The Morgan fingerprint density at radius 1 is 0.750 bits per heavy atom. The number of rotatable bonds is 4. The predicted octanol–water partition coefficient (Wildman–Crippen LogP) is 4.56. The number of carbonyl (C=O) groups excluding carboxylic acids is 2. The number of piperidine rings is 1. The Hall–Kier alpha value is -3.74. The van der Waals surface area contributed by atoms with Gasteiger partial charge in [-0.25, -0.2) is 8.78 Å². The summed E-state index contributed by atoms with van der Waals surface area (Å²) in [6.45, 7) is 2.87. The molecule has 0 N–H and O–H groups in total. The van der Waals surface area contributed by atoms with Gasteiger partial charge in [0.25, 0.3) is 5.91 Å². The Labute approximate surface area is 209 Å². The standard InChI is InChI=1S/C29H29F2N3O2/c30-25-10-6-9-22(18-25)28(35)34-19-23(21-7-2-1-3-8-21)17-24(20-34)29(36)33-15-13-32(14-16-33)27-12-5-4-11-26(27)31/h1-12,18,23-24H,13-17,19-20H2/t23-,24+/m1/s1. The van der Waals surface area contributed by atoms with Crippen molar-refractivity contribution >= 4 is 17.5 Å². The summed E-state index contributed by atoms with van der Waals surface area (Å²) in [6.07, 6.45) is 0.642. The van der Waals surface area contributed by atoms with Gasteiger partial charge in [0.15, 0.2) is 0 Å². The summed E-state index contributed by atoms with van der Waals surface area (Å²) >= 11 is 0. The van der Waals surface area contributed by atoms with Crippen LogP contribution < -0.4 is 4.90 Å². The molecule has 0 spiro atoms. The molecule has 3 aromatic rings. The van der Waals surface area contributed by atoms with E-state index in [1.807, 2.05) is 46.2 Å². The minimum absolute atomic E-state index is 0.00566. The molecule has 0 aromatic heterocycles. The zero-order chi connectivity index (χ0) is 25.1. The molecule has 0 saturated carbocycles. The van der Waals surface area contributed by atoms with Crippen molar-refractivity contribution in [3.05, 3.63) is 102 Å². The fraction of sp³-hybridized carbons (Fsp3) is 0.310. The van der Waals surface area contributed by atoms with E-state index >= 15 is 0 Å². The van der Waals surface area contributed by atoms with Crippen LogP contribution in [0.1, 0.15) is 28.3 Å². The first-order valence-electron chi connectivity index (χ1n) is 12.4. The van der Waals surface area contributed by atoms with Crippen molar-refractivity contribution in [2.24, 2.45) is 5.92 Å². The van der Waals surface area contributed by atoms with Crippen molar-refractivity contribution in [1.29, 1.82) is 0 Å². The van der Waals surface area contributed by atoms with Crippen LogP contribution in [0, 0.1) is 17.6 Å². The third kappa shape index (κ3) is 5.10. The van der Waals surface area contributed by atoms with Crippen molar-refractivity contribution in [1.82, 2.24) is 9.80 Å². The lowest BCUT2D eigenvalue weighted by Gasteiger charge is -2.42. The molecule has 0 aliphatic carbocycles. The molecular formula is C29H29F2N3O2. The number of anilines is 1. The number of piperazine rings is 1. The van der Waals surface area contributed by atoms with Crippen LogP contribution in [0.2, 0.25) is 0 Å². The Morgan fingerprint density at radius 2 is 1.47 bits per heavy atom. The number of nitrogens with zero attached hydrogens (tertiary/aromatic N) is 3. The lowest BCUT2D eigenvalue weighted by atomic mass is 9.83. The summed E-state index contributed by atoms with van der Waals surface area (Å²) in [5.74, 6) is -1.33. The maximum atomic E-state index is 14.2. The van der Waals surface area contributed by atoms with Gasteiger partial charge in [-0.3, -0.25) is 9.59 Å². The van der Waals surface area contributed by atoms with Crippen molar-refractivity contribution in [3.63, 3.8) is 0 Å². The molecule has 36 heavy (non-hydrogen) atoms. The third-order valence-corrected chi connectivity index (χ3v) is 7.21. The average Bonchev–Trinajstić information content (AvgIpc) is 2.93. The highest BCUT2D eigenvalue weighted by atomic mass is 19.1. The van der Waals surface area contributed by atoms with Crippen molar-refractivity contribution in [2.75, 3.05) is 44.2 Å². The zero-order valence-electron chi connectivity index (χ0n) is 20.0. The van der Waals surface area contributed by atoms with E-state index in [0.29, 0.717) is 51.4 Å². The molecule has 0 radical (unpaired) electrons. The van der Waals surface area contributed by atoms with Crippen LogP contribution in [-0.4, -0.2) is 60.9 Å². The topological polar surface area (TPSA) is 43.9 Å². The van der Waals surface area contributed by atoms with Crippen molar-refractivity contribution in [3.8, 4) is 0 Å². The first-order valence-corrected chi connectivity index (χ1v) is 12.4. The molecule has 2 heterocycles. The number of halogens is 2. The summed E-state index contributed by atoms with van der Waals surface area (Å²) in [6, 6.07) is 22.3. The fourth-order valence-electron chi connectivity index (χ4n) is 5.35. The van der Waals surface area contributed by atoms with Gasteiger partial charge in [-0.15, -0.1) is 0 Å². The second-order valence-electron chi connectivity index (χ2n) is 9.52. The van der Waals surface area contributed by atoms with Gasteiger partial charge >= 0.3 is 0 Å². The number of amides is 2. The molecule has 2 fully saturated rings. The highest BCUT2D eigenvalue weighted by Gasteiger charge is 2.37. The van der Waals surface area contributed by atoms with E-state index in [-0.39, 0.29) is 35.0 Å². The number of hydrogen-bond acceptors (Lipinski definition) is 3. The maximum Gasteiger partial charge on any atom is 0.253 e. The average molecular weight is 490 g/mol. The molecule has 5 nitrogen and oxygen atoms in total. The van der Waals surface area contributed by atoms with Crippen LogP contribution in [0.4, 0.5) is 14.5 Å². The Morgan fingerprint density at radius 3 is 2.19 bits per heavy atom. The summed E-state index contributed by atoms with van der Waals surface area (Å²) < 4.78 is 28.0. The number of carbonyl (C=O) groups is 2. The van der Waals surface area contributed by atoms with E-state index in [0.717, 1.165) is 5.56 Å². The number of hydrogen-bond donors (Lipinski definition) is 0. The van der Waals surface area contributed by atoms with Crippen LogP contribution in [0.3, 0.4) is 0 Å².